The molecule has 1 fully saturated rings. The lowest BCUT2D eigenvalue weighted by Gasteiger charge is -2.34. The Kier molecular flexibility index (Phi) is 4.95. The Bertz CT molecular complexity index is 211. The molecular weight excluding hydrogens is 206 g/mol. The van der Waals surface area contributed by atoms with E-state index in [0.29, 0.717) is 0 Å². The minimum absolute atomic E-state index is 0.298. The SMILES string of the molecule is CCCC[C@@]1(C=O)CCCN1O[SiH](C)C. The summed E-state index contributed by atoms with van der Waals surface area (Å²) in [7, 11) is -1.09. The highest BCUT2D eigenvalue weighted by Crippen LogP contribution is 2.32. The first-order valence-corrected chi connectivity index (χ1v) is 8.83. The number of carbonyl (C=O) groups is 1. The third-order valence-corrected chi connectivity index (χ3v) is 3.66. The Hall–Kier alpha value is -0.193. The second kappa shape index (κ2) is 5.77. The number of aldehydes is 1. The van der Waals surface area contributed by atoms with E-state index in [1.807, 2.05) is 5.06 Å². The molecule has 0 N–H and O–H groups in total. The predicted octanol–water partition coefficient (Wildman–Crippen LogP) is 2.13. The van der Waals surface area contributed by atoms with E-state index in [-0.39, 0.29) is 5.54 Å². The second-order valence-electron chi connectivity index (χ2n) is 4.68. The predicted molar refractivity (Wildman–Crippen MR) is 64.2 cm³/mol. The van der Waals surface area contributed by atoms with Crippen molar-refractivity contribution in [2.24, 2.45) is 0 Å². The molecule has 0 spiro atoms. The van der Waals surface area contributed by atoms with Gasteiger partial charge in [-0.2, -0.15) is 5.06 Å². The van der Waals surface area contributed by atoms with Crippen LogP contribution in [0.25, 0.3) is 0 Å². The van der Waals surface area contributed by atoms with Crippen LogP contribution in [-0.2, 0) is 9.32 Å². The van der Waals surface area contributed by atoms with Crippen molar-refractivity contribution in [3.8, 4) is 0 Å². The number of hydrogen-bond donors (Lipinski definition) is 0. The molecule has 1 heterocycles. The number of carbonyl (C=O) groups excluding carboxylic acids is 1. The van der Waals surface area contributed by atoms with Gasteiger partial charge in [-0.25, -0.2) is 0 Å². The number of hydrogen-bond acceptors (Lipinski definition) is 3. The van der Waals surface area contributed by atoms with E-state index >= 15 is 0 Å². The highest BCUT2D eigenvalue weighted by molar-refractivity contribution is 6.48. The zero-order chi connectivity index (χ0) is 11.3. The molecule has 0 aromatic carbocycles. The molecule has 1 aliphatic heterocycles. The Morgan fingerprint density at radius 3 is 2.80 bits per heavy atom. The molecule has 15 heavy (non-hydrogen) atoms. The van der Waals surface area contributed by atoms with Gasteiger partial charge in [-0.15, -0.1) is 0 Å². The molecule has 1 atom stereocenters. The van der Waals surface area contributed by atoms with Crippen LogP contribution >= 0.6 is 0 Å². The highest BCUT2D eigenvalue weighted by Gasteiger charge is 2.41. The summed E-state index contributed by atoms with van der Waals surface area (Å²) >= 11 is 0. The maximum absolute atomic E-state index is 11.3. The van der Waals surface area contributed by atoms with Crippen LogP contribution in [0.3, 0.4) is 0 Å². The Morgan fingerprint density at radius 2 is 2.27 bits per heavy atom. The molecule has 88 valence electrons. The minimum atomic E-state index is -1.09. The van der Waals surface area contributed by atoms with Crippen molar-refractivity contribution < 1.29 is 9.32 Å². The highest BCUT2D eigenvalue weighted by atomic mass is 28.3. The van der Waals surface area contributed by atoms with Gasteiger partial charge in [0, 0.05) is 6.54 Å². The van der Waals surface area contributed by atoms with Crippen molar-refractivity contribution in [2.75, 3.05) is 6.54 Å². The maximum Gasteiger partial charge on any atom is 0.199 e. The molecule has 0 aliphatic carbocycles. The first kappa shape index (κ1) is 12.9. The molecule has 0 bridgehead atoms. The van der Waals surface area contributed by atoms with Crippen LogP contribution < -0.4 is 0 Å². The second-order valence-corrected chi connectivity index (χ2v) is 6.99. The molecule has 0 unspecified atom stereocenters. The van der Waals surface area contributed by atoms with E-state index in [9.17, 15) is 4.79 Å². The van der Waals surface area contributed by atoms with Crippen molar-refractivity contribution in [3.63, 3.8) is 0 Å². The first-order chi connectivity index (χ1) is 7.14. The van der Waals surface area contributed by atoms with Crippen LogP contribution in [0.4, 0.5) is 0 Å². The van der Waals surface area contributed by atoms with Crippen molar-refractivity contribution in [1.82, 2.24) is 5.06 Å². The number of nitrogens with zero attached hydrogens (tertiary/aromatic N) is 1. The van der Waals surface area contributed by atoms with Gasteiger partial charge in [0.15, 0.2) is 9.04 Å². The molecule has 1 aliphatic rings. The molecule has 1 saturated heterocycles. The summed E-state index contributed by atoms with van der Waals surface area (Å²) in [5.41, 5.74) is -0.298. The summed E-state index contributed by atoms with van der Waals surface area (Å²) < 4.78 is 5.86. The Balaban J connectivity index is 2.63. The summed E-state index contributed by atoms with van der Waals surface area (Å²) in [6.45, 7) is 7.38. The topological polar surface area (TPSA) is 29.5 Å². The van der Waals surface area contributed by atoms with Gasteiger partial charge in [0.1, 0.15) is 11.8 Å². The van der Waals surface area contributed by atoms with E-state index < -0.39 is 9.04 Å². The van der Waals surface area contributed by atoms with E-state index in [4.69, 9.17) is 4.53 Å². The number of unbranched alkanes of at least 4 members (excludes halogenated alkanes) is 1. The summed E-state index contributed by atoms with van der Waals surface area (Å²) in [4.78, 5) is 11.3. The fourth-order valence-electron chi connectivity index (χ4n) is 2.20. The third-order valence-electron chi connectivity index (χ3n) is 2.99. The van der Waals surface area contributed by atoms with Crippen LogP contribution in [-0.4, -0.2) is 32.5 Å². The normalized spacial score (nSPS) is 27.5. The third kappa shape index (κ3) is 3.13. The van der Waals surface area contributed by atoms with Crippen LogP contribution in [0.5, 0.6) is 0 Å². The van der Waals surface area contributed by atoms with E-state index in [1.54, 1.807) is 0 Å². The molecular formula is C11H23NO2Si. The first-order valence-electron chi connectivity index (χ1n) is 6.05. The fraction of sp³-hybridized carbons (Fsp3) is 0.909. The average molecular weight is 229 g/mol. The molecule has 0 radical (unpaired) electrons. The van der Waals surface area contributed by atoms with Crippen molar-refractivity contribution >= 4 is 15.3 Å². The molecule has 1 rings (SSSR count). The van der Waals surface area contributed by atoms with Gasteiger partial charge in [-0.3, -0.25) is 0 Å². The zero-order valence-electron chi connectivity index (χ0n) is 10.2. The van der Waals surface area contributed by atoms with E-state index in [0.717, 1.165) is 44.9 Å². The zero-order valence-corrected chi connectivity index (χ0v) is 11.3. The van der Waals surface area contributed by atoms with E-state index in [2.05, 4.69) is 20.0 Å². The van der Waals surface area contributed by atoms with Gasteiger partial charge < -0.3 is 9.32 Å². The van der Waals surface area contributed by atoms with Gasteiger partial charge in [-0.05, 0) is 32.4 Å². The molecule has 0 saturated carbocycles. The lowest BCUT2D eigenvalue weighted by atomic mass is 9.92. The number of hydroxylamine groups is 2. The molecule has 0 aromatic heterocycles. The fourth-order valence-corrected chi connectivity index (χ4v) is 3.02. The van der Waals surface area contributed by atoms with Crippen molar-refractivity contribution in [2.45, 2.75) is 57.7 Å². The van der Waals surface area contributed by atoms with Gasteiger partial charge in [0.25, 0.3) is 0 Å². The standard InChI is InChI=1S/C11H23NO2Si/c1-4-5-7-11(10-13)8-6-9-12(11)14-15(2)3/h10,15H,4-9H2,1-3H3/t11-/m0/s1. The van der Waals surface area contributed by atoms with Crippen molar-refractivity contribution in [3.05, 3.63) is 0 Å². The average Bonchev–Trinajstić information content (AvgIpc) is 2.58. The van der Waals surface area contributed by atoms with Gasteiger partial charge in [0.2, 0.25) is 0 Å². The quantitative estimate of drug-likeness (QED) is 0.516. The monoisotopic (exact) mass is 229 g/mol. The van der Waals surface area contributed by atoms with Crippen LogP contribution in [0, 0.1) is 0 Å². The molecule has 4 heteroatoms. The minimum Gasteiger partial charge on any atom is -0.346 e. The molecule has 0 amide bonds. The maximum atomic E-state index is 11.3. The van der Waals surface area contributed by atoms with E-state index in [1.165, 1.54) is 0 Å². The lowest BCUT2D eigenvalue weighted by molar-refractivity contribution is -0.147. The number of rotatable bonds is 6. The van der Waals surface area contributed by atoms with Crippen LogP contribution in [0.2, 0.25) is 13.1 Å². The summed E-state index contributed by atoms with van der Waals surface area (Å²) in [6, 6.07) is 0. The van der Waals surface area contributed by atoms with Crippen molar-refractivity contribution in [1.29, 1.82) is 0 Å². The largest absolute Gasteiger partial charge is 0.346 e. The van der Waals surface area contributed by atoms with Gasteiger partial charge in [0.05, 0.1) is 0 Å². The summed E-state index contributed by atoms with van der Waals surface area (Å²) in [5.74, 6) is 0. The summed E-state index contributed by atoms with van der Waals surface area (Å²) in [6.07, 6.45) is 6.38. The lowest BCUT2D eigenvalue weighted by Crippen LogP contribution is -2.47. The molecule has 3 nitrogen and oxygen atoms in total. The van der Waals surface area contributed by atoms with Gasteiger partial charge in [-0.1, -0.05) is 19.8 Å². The van der Waals surface area contributed by atoms with Gasteiger partial charge >= 0.3 is 0 Å². The summed E-state index contributed by atoms with van der Waals surface area (Å²) in [5, 5.41) is 1.98. The smallest absolute Gasteiger partial charge is 0.199 e. The van der Waals surface area contributed by atoms with Crippen LogP contribution in [0.1, 0.15) is 39.0 Å². The Morgan fingerprint density at radius 1 is 1.53 bits per heavy atom. The Labute approximate surface area is 94.5 Å². The van der Waals surface area contributed by atoms with Crippen LogP contribution in [0.15, 0.2) is 0 Å². The molecule has 0 aromatic rings.